The first-order valence-corrected chi connectivity index (χ1v) is 4.77. The van der Waals surface area contributed by atoms with Gasteiger partial charge in [-0.25, -0.2) is 4.79 Å². The summed E-state index contributed by atoms with van der Waals surface area (Å²) in [7, 11) is 0. The average molecular weight is 208 g/mol. The zero-order chi connectivity index (χ0) is 10.8. The summed E-state index contributed by atoms with van der Waals surface area (Å²) in [5.74, 6) is 0.750. The Hall–Kier alpha value is -1.78. The van der Waals surface area contributed by atoms with E-state index in [1.54, 1.807) is 12.3 Å². The Balaban J connectivity index is 2.15. The molecule has 2 N–H and O–H groups in total. The molecule has 0 unspecified atom stereocenters. The number of amides is 1. The Labute approximate surface area is 87.1 Å². The van der Waals surface area contributed by atoms with Gasteiger partial charge in [0.25, 0.3) is 0 Å². The third-order valence-electron chi connectivity index (χ3n) is 2.50. The molecule has 2 atom stereocenters. The molecular weight excluding hydrogens is 196 g/mol. The lowest BCUT2D eigenvalue weighted by Gasteiger charge is -2.13. The normalized spacial score (nSPS) is 23.0. The lowest BCUT2D eigenvalue weighted by atomic mass is 10.0. The molecule has 1 aliphatic rings. The van der Waals surface area contributed by atoms with Gasteiger partial charge in [0, 0.05) is 12.7 Å². The third kappa shape index (κ3) is 1.86. The zero-order valence-corrected chi connectivity index (χ0v) is 8.30. The smallest absolute Gasteiger partial charge is 0.404 e. The largest absolute Gasteiger partial charge is 0.488 e. The van der Waals surface area contributed by atoms with Crippen molar-refractivity contribution in [3.8, 4) is 5.75 Å². The van der Waals surface area contributed by atoms with Gasteiger partial charge in [-0.2, -0.15) is 0 Å². The van der Waals surface area contributed by atoms with Crippen molar-refractivity contribution in [3.63, 3.8) is 0 Å². The molecule has 0 fully saturated rings. The fourth-order valence-corrected chi connectivity index (χ4v) is 1.75. The van der Waals surface area contributed by atoms with E-state index < -0.39 is 6.09 Å². The molecule has 1 aliphatic heterocycles. The van der Waals surface area contributed by atoms with Crippen LogP contribution in [0.5, 0.6) is 5.75 Å². The Morgan fingerprint density at radius 3 is 3.27 bits per heavy atom. The van der Waals surface area contributed by atoms with Gasteiger partial charge in [0.05, 0.1) is 11.6 Å². The van der Waals surface area contributed by atoms with Crippen LogP contribution < -0.4 is 10.1 Å². The molecule has 5 heteroatoms. The quantitative estimate of drug-likeness (QED) is 0.766. The molecule has 2 rings (SSSR count). The first kappa shape index (κ1) is 9.76. The van der Waals surface area contributed by atoms with Crippen molar-refractivity contribution in [1.29, 1.82) is 0 Å². The van der Waals surface area contributed by atoms with E-state index in [2.05, 4.69) is 10.3 Å². The van der Waals surface area contributed by atoms with Gasteiger partial charge in [0.15, 0.2) is 0 Å². The second kappa shape index (κ2) is 3.76. The maximum atomic E-state index is 10.4. The number of nitrogens with one attached hydrogen (secondary N) is 1. The van der Waals surface area contributed by atoms with Crippen LogP contribution in [-0.2, 0) is 0 Å². The highest BCUT2D eigenvalue weighted by Gasteiger charge is 2.32. The molecule has 0 bridgehead atoms. The molecule has 1 amide bonds. The van der Waals surface area contributed by atoms with E-state index in [0.29, 0.717) is 6.54 Å². The molecule has 0 spiro atoms. The summed E-state index contributed by atoms with van der Waals surface area (Å²) in [4.78, 5) is 14.6. The molecule has 1 aromatic rings. The van der Waals surface area contributed by atoms with Gasteiger partial charge in [0.2, 0.25) is 0 Å². The van der Waals surface area contributed by atoms with E-state index in [9.17, 15) is 4.79 Å². The number of hydrogen-bond acceptors (Lipinski definition) is 3. The monoisotopic (exact) mass is 208 g/mol. The summed E-state index contributed by atoms with van der Waals surface area (Å²) < 4.78 is 5.56. The summed E-state index contributed by atoms with van der Waals surface area (Å²) in [6.45, 7) is 2.25. The van der Waals surface area contributed by atoms with Crippen molar-refractivity contribution in [2.24, 2.45) is 0 Å². The molecule has 15 heavy (non-hydrogen) atoms. The van der Waals surface area contributed by atoms with Gasteiger partial charge in [0.1, 0.15) is 11.9 Å². The first-order chi connectivity index (χ1) is 7.18. The molecule has 0 saturated carbocycles. The molecule has 0 radical (unpaired) electrons. The highest BCUT2D eigenvalue weighted by Crippen LogP contribution is 2.35. The van der Waals surface area contributed by atoms with Gasteiger partial charge in [-0.3, -0.25) is 4.98 Å². The van der Waals surface area contributed by atoms with Crippen LogP contribution in [0.1, 0.15) is 18.5 Å². The predicted octanol–water partition coefficient (Wildman–Crippen LogP) is 1.21. The average Bonchev–Trinajstić information content (AvgIpc) is 2.50. The van der Waals surface area contributed by atoms with Crippen LogP contribution in [0.3, 0.4) is 0 Å². The SMILES string of the molecule is C[C@@H]1Oc2cccnc2[C@H]1CNC(=O)O. The van der Waals surface area contributed by atoms with E-state index >= 15 is 0 Å². The van der Waals surface area contributed by atoms with Crippen LogP contribution in [0, 0.1) is 0 Å². The Morgan fingerprint density at radius 2 is 2.53 bits per heavy atom. The van der Waals surface area contributed by atoms with Crippen LogP contribution in [0.2, 0.25) is 0 Å². The van der Waals surface area contributed by atoms with Crippen molar-refractivity contribution in [2.75, 3.05) is 6.54 Å². The second-order valence-electron chi connectivity index (χ2n) is 3.50. The fraction of sp³-hybridized carbons (Fsp3) is 0.400. The zero-order valence-electron chi connectivity index (χ0n) is 8.30. The summed E-state index contributed by atoms with van der Waals surface area (Å²) in [6.07, 6.45) is 0.627. The molecule has 1 aromatic heterocycles. The molecule has 0 aromatic carbocycles. The van der Waals surface area contributed by atoms with Gasteiger partial charge >= 0.3 is 6.09 Å². The van der Waals surface area contributed by atoms with Gasteiger partial charge in [-0.15, -0.1) is 0 Å². The van der Waals surface area contributed by atoms with Gasteiger partial charge < -0.3 is 15.2 Å². The van der Waals surface area contributed by atoms with E-state index in [-0.39, 0.29) is 12.0 Å². The Bertz CT molecular complexity index is 381. The number of fused-ring (bicyclic) bond motifs is 1. The first-order valence-electron chi connectivity index (χ1n) is 4.77. The number of carbonyl (C=O) groups is 1. The van der Waals surface area contributed by atoms with Crippen LogP contribution in [0.4, 0.5) is 4.79 Å². The van der Waals surface area contributed by atoms with Crippen molar-refractivity contribution in [1.82, 2.24) is 10.3 Å². The number of hydrogen-bond donors (Lipinski definition) is 2. The molecule has 80 valence electrons. The standard InChI is InChI=1S/C10H12N2O3/c1-6-7(5-12-10(13)14)9-8(15-6)3-2-4-11-9/h2-4,6-7,12H,5H2,1H3,(H,13,14)/t6-,7-/m0/s1. The van der Waals surface area contributed by atoms with Crippen molar-refractivity contribution >= 4 is 6.09 Å². The maximum Gasteiger partial charge on any atom is 0.404 e. The lowest BCUT2D eigenvalue weighted by molar-refractivity contribution is 0.188. The van der Waals surface area contributed by atoms with E-state index in [0.717, 1.165) is 11.4 Å². The van der Waals surface area contributed by atoms with Crippen molar-refractivity contribution in [2.45, 2.75) is 18.9 Å². The number of carboxylic acid groups (broad SMARTS) is 1. The van der Waals surface area contributed by atoms with Crippen LogP contribution in [-0.4, -0.2) is 28.8 Å². The van der Waals surface area contributed by atoms with Crippen LogP contribution in [0.25, 0.3) is 0 Å². The number of aromatic nitrogens is 1. The molecule has 0 aliphatic carbocycles. The fourth-order valence-electron chi connectivity index (χ4n) is 1.75. The predicted molar refractivity (Wildman–Crippen MR) is 53.1 cm³/mol. The van der Waals surface area contributed by atoms with Crippen molar-refractivity contribution in [3.05, 3.63) is 24.0 Å². The van der Waals surface area contributed by atoms with Gasteiger partial charge in [-0.05, 0) is 19.1 Å². The minimum atomic E-state index is -1.02. The number of rotatable bonds is 2. The van der Waals surface area contributed by atoms with Crippen molar-refractivity contribution < 1.29 is 14.6 Å². The molecule has 2 heterocycles. The summed E-state index contributed by atoms with van der Waals surface area (Å²) in [5.41, 5.74) is 0.832. The Morgan fingerprint density at radius 1 is 1.73 bits per heavy atom. The van der Waals surface area contributed by atoms with E-state index in [1.165, 1.54) is 0 Å². The highest BCUT2D eigenvalue weighted by molar-refractivity contribution is 5.64. The van der Waals surface area contributed by atoms with Crippen LogP contribution >= 0.6 is 0 Å². The third-order valence-corrected chi connectivity index (χ3v) is 2.50. The Kier molecular flexibility index (Phi) is 2.45. The molecule has 5 nitrogen and oxygen atoms in total. The number of nitrogens with zero attached hydrogens (tertiary/aromatic N) is 1. The minimum Gasteiger partial charge on any atom is -0.488 e. The van der Waals surface area contributed by atoms with E-state index in [1.807, 2.05) is 13.0 Å². The topological polar surface area (TPSA) is 71.5 Å². The second-order valence-corrected chi connectivity index (χ2v) is 3.50. The van der Waals surface area contributed by atoms with Gasteiger partial charge in [-0.1, -0.05) is 0 Å². The summed E-state index contributed by atoms with van der Waals surface area (Å²) in [6, 6.07) is 3.65. The summed E-state index contributed by atoms with van der Waals surface area (Å²) >= 11 is 0. The maximum absolute atomic E-state index is 10.4. The highest BCUT2D eigenvalue weighted by atomic mass is 16.5. The minimum absolute atomic E-state index is 0.00250. The van der Waals surface area contributed by atoms with Crippen LogP contribution in [0.15, 0.2) is 18.3 Å². The lowest BCUT2D eigenvalue weighted by Crippen LogP contribution is -2.30. The number of ether oxygens (including phenoxy) is 1. The summed E-state index contributed by atoms with van der Waals surface area (Å²) in [5, 5.41) is 10.9. The molecule has 0 saturated heterocycles. The van der Waals surface area contributed by atoms with E-state index in [4.69, 9.17) is 9.84 Å². The number of pyridine rings is 1. The molecular formula is C10H12N2O3.